The highest BCUT2D eigenvalue weighted by Crippen LogP contribution is 2.24. The van der Waals surface area contributed by atoms with Crippen molar-refractivity contribution in [3.63, 3.8) is 0 Å². The highest BCUT2D eigenvalue weighted by molar-refractivity contribution is 6.30. The molecule has 0 saturated carbocycles. The number of halogens is 3. The highest BCUT2D eigenvalue weighted by Gasteiger charge is 2.15. The number of hydrogen-bond acceptors (Lipinski definition) is 1. The Morgan fingerprint density at radius 3 is 2.55 bits per heavy atom. The van der Waals surface area contributed by atoms with Crippen LogP contribution in [0.25, 0.3) is 0 Å². The van der Waals surface area contributed by atoms with Gasteiger partial charge in [0.05, 0.1) is 0 Å². The van der Waals surface area contributed by atoms with E-state index in [2.05, 4.69) is 5.32 Å². The van der Waals surface area contributed by atoms with Crippen molar-refractivity contribution >= 4 is 11.6 Å². The van der Waals surface area contributed by atoms with Gasteiger partial charge < -0.3 is 5.32 Å². The lowest BCUT2D eigenvalue weighted by atomic mass is 9.95. The Labute approximate surface area is 122 Å². The van der Waals surface area contributed by atoms with E-state index in [1.165, 1.54) is 18.2 Å². The molecule has 2 aromatic rings. The molecule has 2 aromatic carbocycles. The van der Waals surface area contributed by atoms with Crippen molar-refractivity contribution < 1.29 is 8.78 Å². The minimum atomic E-state index is -0.341. The molecule has 0 amide bonds. The van der Waals surface area contributed by atoms with Gasteiger partial charge in [-0.3, -0.25) is 0 Å². The molecule has 20 heavy (non-hydrogen) atoms. The van der Waals surface area contributed by atoms with Crippen LogP contribution in [0.4, 0.5) is 8.78 Å². The minimum Gasteiger partial charge on any atom is -0.313 e. The topological polar surface area (TPSA) is 12.0 Å². The number of benzene rings is 2. The minimum absolute atomic E-state index is 0.152. The molecule has 106 valence electrons. The second-order valence-corrected chi connectivity index (χ2v) is 5.22. The summed E-state index contributed by atoms with van der Waals surface area (Å²) in [4.78, 5) is 0. The van der Waals surface area contributed by atoms with Gasteiger partial charge in [-0.15, -0.1) is 0 Å². The van der Waals surface area contributed by atoms with Crippen LogP contribution in [0.3, 0.4) is 0 Å². The smallest absolute Gasteiger partial charge is 0.127 e. The maximum absolute atomic E-state index is 13.9. The third kappa shape index (κ3) is 3.35. The molecule has 0 aliphatic carbocycles. The van der Waals surface area contributed by atoms with Crippen molar-refractivity contribution in [1.82, 2.24) is 5.32 Å². The number of aryl methyl sites for hydroxylation is 1. The van der Waals surface area contributed by atoms with E-state index in [-0.39, 0.29) is 17.7 Å². The van der Waals surface area contributed by atoms with E-state index in [4.69, 9.17) is 11.6 Å². The summed E-state index contributed by atoms with van der Waals surface area (Å²) in [6.07, 6.45) is 0.434. The lowest BCUT2D eigenvalue weighted by Crippen LogP contribution is -2.20. The van der Waals surface area contributed by atoms with Crippen molar-refractivity contribution in [2.24, 2.45) is 0 Å². The lowest BCUT2D eigenvalue weighted by molar-refractivity contribution is 0.547. The van der Waals surface area contributed by atoms with Crippen molar-refractivity contribution in [3.8, 4) is 0 Å². The Morgan fingerprint density at radius 1 is 1.15 bits per heavy atom. The van der Waals surface area contributed by atoms with Crippen LogP contribution in [-0.4, -0.2) is 7.05 Å². The second kappa shape index (κ2) is 6.33. The predicted molar refractivity (Wildman–Crippen MR) is 78.1 cm³/mol. The highest BCUT2D eigenvalue weighted by atomic mass is 35.5. The van der Waals surface area contributed by atoms with E-state index in [9.17, 15) is 8.78 Å². The van der Waals surface area contributed by atoms with Crippen LogP contribution in [-0.2, 0) is 6.42 Å². The van der Waals surface area contributed by atoms with E-state index < -0.39 is 0 Å². The first-order valence-corrected chi connectivity index (χ1v) is 6.76. The van der Waals surface area contributed by atoms with Crippen LogP contribution in [0.15, 0.2) is 36.4 Å². The number of likely N-dealkylation sites (N-methyl/N-ethyl adjacent to an activating group) is 1. The third-order valence-electron chi connectivity index (χ3n) is 3.40. The van der Waals surface area contributed by atoms with Crippen LogP contribution in [0.1, 0.15) is 22.7 Å². The molecular weight excluding hydrogens is 280 g/mol. The molecule has 4 heteroatoms. The first kappa shape index (κ1) is 14.9. The normalized spacial score (nSPS) is 12.4. The molecule has 1 N–H and O–H groups in total. The quantitative estimate of drug-likeness (QED) is 0.880. The summed E-state index contributed by atoms with van der Waals surface area (Å²) >= 11 is 5.75. The van der Waals surface area contributed by atoms with Gasteiger partial charge in [0.1, 0.15) is 11.6 Å². The summed E-state index contributed by atoms with van der Waals surface area (Å²) < 4.78 is 27.3. The lowest BCUT2D eigenvalue weighted by Gasteiger charge is -2.19. The Kier molecular flexibility index (Phi) is 4.73. The number of nitrogens with one attached hydrogen (secondary N) is 1. The Morgan fingerprint density at radius 2 is 1.90 bits per heavy atom. The Hall–Kier alpha value is -1.45. The van der Waals surface area contributed by atoms with Crippen LogP contribution in [0.2, 0.25) is 5.02 Å². The molecule has 1 atom stereocenters. The zero-order chi connectivity index (χ0) is 14.7. The van der Waals surface area contributed by atoms with E-state index >= 15 is 0 Å². The molecule has 2 rings (SSSR count). The molecule has 0 aliphatic rings. The second-order valence-electron chi connectivity index (χ2n) is 4.78. The average molecular weight is 296 g/mol. The maximum atomic E-state index is 13.9. The molecule has 1 unspecified atom stereocenters. The SMILES string of the molecule is CNC(Cc1ccc(Cl)cc1F)c1cc(F)ccc1C. The Balaban J connectivity index is 2.31. The van der Waals surface area contributed by atoms with Crippen molar-refractivity contribution in [3.05, 3.63) is 69.7 Å². The molecule has 0 radical (unpaired) electrons. The van der Waals surface area contributed by atoms with E-state index in [0.717, 1.165) is 11.1 Å². The van der Waals surface area contributed by atoms with Gasteiger partial charge in [0.15, 0.2) is 0 Å². The molecule has 1 nitrogen and oxygen atoms in total. The van der Waals surface area contributed by atoms with E-state index in [1.54, 1.807) is 25.2 Å². The maximum Gasteiger partial charge on any atom is 0.127 e. The molecular formula is C16H16ClF2N. The summed E-state index contributed by atoms with van der Waals surface area (Å²) in [5, 5.41) is 3.48. The standard InChI is InChI=1S/C16H16ClF2N/c1-10-3-6-13(18)9-14(10)16(20-2)7-11-4-5-12(17)8-15(11)19/h3-6,8-9,16,20H,7H2,1-2H3. The number of hydrogen-bond donors (Lipinski definition) is 1. The summed E-state index contributed by atoms with van der Waals surface area (Å²) in [5.41, 5.74) is 2.36. The fraction of sp³-hybridized carbons (Fsp3) is 0.250. The molecule has 0 saturated heterocycles. The van der Waals surface area contributed by atoms with Gasteiger partial charge in [0, 0.05) is 11.1 Å². The van der Waals surface area contributed by atoms with E-state index in [1.807, 2.05) is 6.92 Å². The molecule has 0 fully saturated rings. The summed E-state index contributed by atoms with van der Waals surface area (Å²) in [5.74, 6) is -0.630. The van der Waals surface area contributed by atoms with Crippen molar-refractivity contribution in [1.29, 1.82) is 0 Å². The molecule has 0 aliphatic heterocycles. The molecule has 0 aromatic heterocycles. The molecule has 0 heterocycles. The van der Waals surface area contributed by atoms with Gasteiger partial charge in [-0.05, 0) is 61.3 Å². The summed E-state index contributed by atoms with van der Waals surface area (Å²) in [6.45, 7) is 1.91. The van der Waals surface area contributed by atoms with Crippen LogP contribution >= 0.6 is 11.6 Å². The fourth-order valence-corrected chi connectivity index (χ4v) is 2.42. The van der Waals surface area contributed by atoms with Gasteiger partial charge in [-0.1, -0.05) is 23.7 Å². The third-order valence-corrected chi connectivity index (χ3v) is 3.64. The first-order chi connectivity index (χ1) is 9.51. The first-order valence-electron chi connectivity index (χ1n) is 6.38. The van der Waals surface area contributed by atoms with Gasteiger partial charge in [-0.2, -0.15) is 0 Å². The van der Waals surface area contributed by atoms with Crippen molar-refractivity contribution in [2.75, 3.05) is 7.05 Å². The van der Waals surface area contributed by atoms with E-state index in [0.29, 0.717) is 17.0 Å². The summed E-state index contributed by atoms with van der Waals surface area (Å²) in [6, 6.07) is 9.11. The Bertz CT molecular complexity index is 613. The van der Waals surface area contributed by atoms with Crippen LogP contribution in [0.5, 0.6) is 0 Å². The van der Waals surface area contributed by atoms with Crippen LogP contribution in [0, 0.1) is 18.6 Å². The molecule has 0 spiro atoms. The number of rotatable bonds is 4. The molecule has 0 bridgehead atoms. The average Bonchev–Trinajstić information content (AvgIpc) is 2.41. The van der Waals surface area contributed by atoms with Crippen LogP contribution < -0.4 is 5.32 Å². The van der Waals surface area contributed by atoms with Crippen molar-refractivity contribution in [2.45, 2.75) is 19.4 Å². The van der Waals surface area contributed by atoms with Gasteiger partial charge in [-0.25, -0.2) is 8.78 Å². The predicted octanol–water partition coefficient (Wildman–Crippen LogP) is 4.43. The monoisotopic (exact) mass is 295 g/mol. The fourth-order valence-electron chi connectivity index (χ4n) is 2.26. The zero-order valence-electron chi connectivity index (χ0n) is 11.4. The van der Waals surface area contributed by atoms with Gasteiger partial charge in [0.2, 0.25) is 0 Å². The zero-order valence-corrected chi connectivity index (χ0v) is 12.1. The summed E-state index contributed by atoms with van der Waals surface area (Å²) in [7, 11) is 1.78. The largest absolute Gasteiger partial charge is 0.313 e. The van der Waals surface area contributed by atoms with Gasteiger partial charge >= 0.3 is 0 Å². The van der Waals surface area contributed by atoms with Gasteiger partial charge in [0.25, 0.3) is 0 Å².